The molecule has 0 amide bonds. The van der Waals surface area contributed by atoms with E-state index in [9.17, 15) is 0 Å². The Morgan fingerprint density at radius 3 is 2.59 bits per heavy atom. The van der Waals surface area contributed by atoms with Crippen molar-refractivity contribution in [3.8, 4) is 0 Å². The third kappa shape index (κ3) is 2.11. The number of hydrogen-bond acceptors (Lipinski definition) is 4. The highest BCUT2D eigenvalue weighted by Crippen LogP contribution is 2.23. The van der Waals surface area contributed by atoms with E-state index in [4.69, 9.17) is 0 Å². The standard InChI is InChI=1S/C13H16N4/c1-8(2)11-6-12(9(3)4)17-13(16-11)15-10(5)7-14-17/h6-7,10H,1,3H2,2,4-5H3. The van der Waals surface area contributed by atoms with E-state index < -0.39 is 0 Å². The Labute approximate surface area is 101 Å². The van der Waals surface area contributed by atoms with Gasteiger partial charge in [-0.3, -0.25) is 0 Å². The lowest BCUT2D eigenvalue weighted by atomic mass is 10.1. The number of rotatable bonds is 2. The topological polar surface area (TPSA) is 40.3 Å². The molecule has 0 fully saturated rings. The Kier molecular flexibility index (Phi) is 2.79. The van der Waals surface area contributed by atoms with Crippen molar-refractivity contribution < 1.29 is 0 Å². The van der Waals surface area contributed by atoms with Crippen molar-refractivity contribution in [2.24, 2.45) is 15.1 Å². The first-order valence-corrected chi connectivity index (χ1v) is 5.53. The smallest absolute Gasteiger partial charge is 0.240 e. The molecule has 0 aromatic rings. The summed E-state index contributed by atoms with van der Waals surface area (Å²) >= 11 is 0. The van der Waals surface area contributed by atoms with Crippen LogP contribution in [-0.4, -0.2) is 28.9 Å². The van der Waals surface area contributed by atoms with Crippen molar-refractivity contribution in [1.29, 1.82) is 0 Å². The maximum Gasteiger partial charge on any atom is 0.247 e. The molecule has 0 saturated carbocycles. The van der Waals surface area contributed by atoms with E-state index in [0.29, 0.717) is 5.96 Å². The van der Waals surface area contributed by atoms with E-state index in [2.05, 4.69) is 28.2 Å². The van der Waals surface area contributed by atoms with Crippen LogP contribution in [0.2, 0.25) is 0 Å². The molecule has 1 atom stereocenters. The average molecular weight is 228 g/mol. The van der Waals surface area contributed by atoms with Gasteiger partial charge < -0.3 is 0 Å². The van der Waals surface area contributed by atoms with Crippen LogP contribution in [0.3, 0.4) is 0 Å². The molecule has 2 rings (SSSR count). The second-order valence-corrected chi connectivity index (χ2v) is 4.33. The minimum Gasteiger partial charge on any atom is -0.240 e. The number of hydrogen-bond donors (Lipinski definition) is 0. The summed E-state index contributed by atoms with van der Waals surface area (Å²) in [4.78, 5) is 8.90. The maximum absolute atomic E-state index is 4.45. The fourth-order valence-corrected chi connectivity index (χ4v) is 1.58. The van der Waals surface area contributed by atoms with Crippen LogP contribution in [0.25, 0.3) is 0 Å². The van der Waals surface area contributed by atoms with Gasteiger partial charge in [0.1, 0.15) is 0 Å². The first-order valence-electron chi connectivity index (χ1n) is 5.53. The minimum absolute atomic E-state index is 0.0563. The Bertz CT molecular complexity index is 506. The van der Waals surface area contributed by atoms with Gasteiger partial charge in [-0.25, -0.2) is 9.98 Å². The molecule has 2 aliphatic rings. The van der Waals surface area contributed by atoms with E-state index in [-0.39, 0.29) is 6.04 Å². The van der Waals surface area contributed by atoms with Crippen molar-refractivity contribution >= 4 is 17.9 Å². The lowest BCUT2D eigenvalue weighted by Crippen LogP contribution is -2.34. The van der Waals surface area contributed by atoms with Gasteiger partial charge >= 0.3 is 0 Å². The monoisotopic (exact) mass is 228 g/mol. The number of hydrazone groups is 1. The molecule has 0 aromatic heterocycles. The second kappa shape index (κ2) is 4.13. The molecule has 2 heterocycles. The first kappa shape index (κ1) is 11.5. The lowest BCUT2D eigenvalue weighted by Gasteiger charge is -2.28. The molecular weight excluding hydrogens is 212 g/mol. The van der Waals surface area contributed by atoms with E-state index >= 15 is 0 Å². The fourth-order valence-electron chi connectivity index (χ4n) is 1.58. The van der Waals surface area contributed by atoms with Crippen LogP contribution in [0.5, 0.6) is 0 Å². The van der Waals surface area contributed by atoms with E-state index in [1.54, 1.807) is 11.2 Å². The molecule has 0 spiro atoms. The van der Waals surface area contributed by atoms with Crippen molar-refractivity contribution in [3.63, 3.8) is 0 Å². The van der Waals surface area contributed by atoms with Crippen LogP contribution in [0.15, 0.2) is 51.2 Å². The molecule has 4 nitrogen and oxygen atoms in total. The number of fused-ring (bicyclic) bond motifs is 1. The second-order valence-electron chi connectivity index (χ2n) is 4.33. The van der Waals surface area contributed by atoms with Gasteiger partial charge in [0.2, 0.25) is 5.96 Å². The first-order chi connectivity index (χ1) is 7.99. The number of aliphatic imine (C=N–C) groups is 2. The molecule has 17 heavy (non-hydrogen) atoms. The SMILES string of the molecule is C=C(C)C1=CC(C(=C)C)=NC2=NC(C)C=NN12. The summed E-state index contributed by atoms with van der Waals surface area (Å²) in [6.45, 7) is 13.7. The van der Waals surface area contributed by atoms with Crippen molar-refractivity contribution in [3.05, 3.63) is 36.1 Å². The molecule has 0 saturated heterocycles. The average Bonchev–Trinajstić information content (AvgIpc) is 2.26. The molecule has 0 aromatic carbocycles. The molecule has 0 aliphatic carbocycles. The zero-order chi connectivity index (χ0) is 12.6. The van der Waals surface area contributed by atoms with Gasteiger partial charge in [0, 0.05) is 6.21 Å². The molecule has 1 unspecified atom stereocenters. The van der Waals surface area contributed by atoms with Crippen molar-refractivity contribution in [2.75, 3.05) is 0 Å². The molecule has 4 heteroatoms. The summed E-state index contributed by atoms with van der Waals surface area (Å²) in [7, 11) is 0. The van der Waals surface area contributed by atoms with Gasteiger partial charge in [0.05, 0.1) is 17.5 Å². The van der Waals surface area contributed by atoms with Gasteiger partial charge in [-0.05, 0) is 38.0 Å². The number of guanidine groups is 1. The van der Waals surface area contributed by atoms with Gasteiger partial charge in [0.15, 0.2) is 0 Å². The molecular formula is C13H16N4. The summed E-state index contributed by atoms with van der Waals surface area (Å²) in [5.74, 6) is 0.610. The highest BCUT2D eigenvalue weighted by atomic mass is 15.5. The van der Waals surface area contributed by atoms with Crippen molar-refractivity contribution in [2.45, 2.75) is 26.8 Å². The summed E-state index contributed by atoms with van der Waals surface area (Å²) in [6.07, 6.45) is 3.73. The Morgan fingerprint density at radius 1 is 1.29 bits per heavy atom. The normalized spacial score (nSPS) is 22.4. The molecule has 2 aliphatic heterocycles. The zero-order valence-electron chi connectivity index (χ0n) is 10.4. The fraction of sp³-hybridized carbons (Fsp3) is 0.308. The highest BCUT2D eigenvalue weighted by Gasteiger charge is 2.24. The molecule has 88 valence electrons. The quantitative estimate of drug-likeness (QED) is 0.716. The van der Waals surface area contributed by atoms with Crippen LogP contribution in [-0.2, 0) is 0 Å². The van der Waals surface area contributed by atoms with Crippen LogP contribution in [0.1, 0.15) is 20.8 Å². The largest absolute Gasteiger partial charge is 0.247 e. The maximum atomic E-state index is 4.45. The Hall–Kier alpha value is -1.97. The predicted molar refractivity (Wildman–Crippen MR) is 72.4 cm³/mol. The van der Waals surface area contributed by atoms with Crippen LogP contribution < -0.4 is 0 Å². The van der Waals surface area contributed by atoms with E-state index in [0.717, 1.165) is 22.6 Å². The lowest BCUT2D eigenvalue weighted by molar-refractivity contribution is 0.534. The van der Waals surface area contributed by atoms with Crippen molar-refractivity contribution in [1.82, 2.24) is 5.01 Å². The molecule has 0 bridgehead atoms. The van der Waals surface area contributed by atoms with Crippen LogP contribution >= 0.6 is 0 Å². The Morgan fingerprint density at radius 2 is 2.00 bits per heavy atom. The van der Waals surface area contributed by atoms with Gasteiger partial charge in [0.25, 0.3) is 0 Å². The van der Waals surface area contributed by atoms with Crippen LogP contribution in [0.4, 0.5) is 0 Å². The van der Waals surface area contributed by atoms with E-state index in [1.165, 1.54) is 0 Å². The number of nitrogens with zero attached hydrogens (tertiary/aromatic N) is 4. The van der Waals surface area contributed by atoms with E-state index in [1.807, 2.05) is 26.8 Å². The number of allylic oxidation sites excluding steroid dienone is 3. The summed E-state index contributed by atoms with van der Waals surface area (Å²) in [5, 5.41) is 6.06. The third-order valence-corrected chi connectivity index (χ3v) is 2.50. The van der Waals surface area contributed by atoms with Gasteiger partial charge in [-0.2, -0.15) is 10.1 Å². The van der Waals surface area contributed by atoms with Crippen LogP contribution in [0, 0.1) is 0 Å². The highest BCUT2D eigenvalue weighted by molar-refractivity contribution is 6.15. The summed E-state index contributed by atoms with van der Waals surface area (Å²) < 4.78 is 0. The minimum atomic E-state index is 0.0563. The summed E-state index contributed by atoms with van der Waals surface area (Å²) in [5.41, 5.74) is 3.59. The van der Waals surface area contributed by atoms with Gasteiger partial charge in [-0.15, -0.1) is 0 Å². The van der Waals surface area contributed by atoms with Gasteiger partial charge in [-0.1, -0.05) is 13.2 Å². The summed E-state index contributed by atoms with van der Waals surface area (Å²) in [6, 6.07) is 0.0563. The predicted octanol–water partition coefficient (Wildman–Crippen LogP) is 2.52. The molecule has 0 N–H and O–H groups in total. The third-order valence-electron chi connectivity index (χ3n) is 2.50. The zero-order valence-corrected chi connectivity index (χ0v) is 10.4. The Balaban J connectivity index is 2.50. The molecule has 0 radical (unpaired) electrons.